The minimum atomic E-state index is -1.09. The molecule has 0 radical (unpaired) electrons. The summed E-state index contributed by atoms with van der Waals surface area (Å²) in [7, 11) is 0. The van der Waals surface area contributed by atoms with E-state index in [0.717, 1.165) is 31.2 Å². The van der Waals surface area contributed by atoms with E-state index in [9.17, 15) is 19.8 Å². The Hall–Kier alpha value is -1.92. The SMILES string of the molecule is NCC(O)CCC(NC(=O)C1(c2ccccc2)CCCC1)C(=O)O. The lowest BCUT2D eigenvalue weighted by molar-refractivity contribution is -0.143. The molecule has 0 spiro atoms. The van der Waals surface area contributed by atoms with Gasteiger partial charge in [0, 0.05) is 6.54 Å². The van der Waals surface area contributed by atoms with E-state index >= 15 is 0 Å². The summed E-state index contributed by atoms with van der Waals surface area (Å²) in [4.78, 5) is 24.4. The Balaban J connectivity index is 2.13. The van der Waals surface area contributed by atoms with Crippen LogP contribution in [-0.2, 0) is 15.0 Å². The van der Waals surface area contributed by atoms with E-state index in [1.165, 1.54) is 0 Å². The highest BCUT2D eigenvalue weighted by Gasteiger charge is 2.43. The van der Waals surface area contributed by atoms with E-state index in [0.29, 0.717) is 0 Å². The summed E-state index contributed by atoms with van der Waals surface area (Å²) in [5.74, 6) is -1.32. The Labute approximate surface area is 142 Å². The average molecular weight is 334 g/mol. The van der Waals surface area contributed by atoms with Crippen LogP contribution in [0.1, 0.15) is 44.1 Å². The van der Waals surface area contributed by atoms with Crippen LogP contribution in [-0.4, -0.2) is 40.8 Å². The number of rotatable bonds is 8. The van der Waals surface area contributed by atoms with Gasteiger partial charge in [0.2, 0.25) is 5.91 Å². The van der Waals surface area contributed by atoms with Gasteiger partial charge < -0.3 is 21.3 Å². The second-order valence-corrected chi connectivity index (χ2v) is 6.49. The lowest BCUT2D eigenvalue weighted by atomic mass is 9.77. The molecule has 1 aliphatic carbocycles. The Bertz CT molecular complexity index is 555. The van der Waals surface area contributed by atoms with Crippen LogP contribution in [0.3, 0.4) is 0 Å². The van der Waals surface area contributed by atoms with Crippen molar-refractivity contribution in [2.24, 2.45) is 5.73 Å². The zero-order valence-electron chi connectivity index (χ0n) is 13.8. The zero-order chi connectivity index (χ0) is 17.6. The second kappa shape index (κ2) is 8.26. The topological polar surface area (TPSA) is 113 Å². The molecule has 1 amide bonds. The summed E-state index contributed by atoms with van der Waals surface area (Å²) >= 11 is 0. The third-order valence-corrected chi connectivity index (χ3v) is 4.88. The molecule has 5 N–H and O–H groups in total. The molecule has 0 saturated heterocycles. The van der Waals surface area contributed by atoms with Gasteiger partial charge in [-0.1, -0.05) is 43.2 Å². The lowest BCUT2D eigenvalue weighted by Gasteiger charge is -2.30. The van der Waals surface area contributed by atoms with Crippen LogP contribution in [0.4, 0.5) is 0 Å². The number of nitrogens with one attached hydrogen (secondary N) is 1. The van der Waals surface area contributed by atoms with Crippen molar-refractivity contribution in [3.05, 3.63) is 35.9 Å². The number of nitrogens with two attached hydrogens (primary N) is 1. The van der Waals surface area contributed by atoms with Crippen molar-refractivity contribution in [2.75, 3.05) is 6.54 Å². The Morgan fingerprint density at radius 3 is 2.33 bits per heavy atom. The van der Waals surface area contributed by atoms with Gasteiger partial charge >= 0.3 is 5.97 Å². The molecule has 2 unspecified atom stereocenters. The number of hydrogen-bond acceptors (Lipinski definition) is 4. The molecule has 6 nitrogen and oxygen atoms in total. The van der Waals surface area contributed by atoms with Crippen LogP contribution in [0.5, 0.6) is 0 Å². The van der Waals surface area contributed by atoms with E-state index in [1.807, 2.05) is 30.3 Å². The highest BCUT2D eigenvalue weighted by Crippen LogP contribution is 2.41. The number of amides is 1. The van der Waals surface area contributed by atoms with Gasteiger partial charge in [-0.05, 0) is 31.2 Å². The molecule has 1 fully saturated rings. The molecule has 0 aromatic heterocycles. The molecule has 2 atom stereocenters. The van der Waals surface area contributed by atoms with Gasteiger partial charge in [-0.25, -0.2) is 4.79 Å². The van der Waals surface area contributed by atoms with Crippen molar-refractivity contribution < 1.29 is 19.8 Å². The molecule has 1 saturated carbocycles. The summed E-state index contributed by atoms with van der Waals surface area (Å²) in [5, 5.41) is 21.6. The van der Waals surface area contributed by atoms with Gasteiger partial charge in [-0.15, -0.1) is 0 Å². The number of carbonyl (C=O) groups is 2. The van der Waals surface area contributed by atoms with Crippen LogP contribution in [0.15, 0.2) is 30.3 Å². The van der Waals surface area contributed by atoms with Gasteiger partial charge in [0.25, 0.3) is 0 Å². The number of benzene rings is 1. The first-order valence-electron chi connectivity index (χ1n) is 8.47. The minimum absolute atomic E-state index is 0.0776. The number of carboxylic acids is 1. The quantitative estimate of drug-likeness (QED) is 0.570. The zero-order valence-corrected chi connectivity index (χ0v) is 13.8. The van der Waals surface area contributed by atoms with Crippen molar-refractivity contribution in [2.45, 2.75) is 56.1 Å². The molecule has 6 heteroatoms. The fourth-order valence-corrected chi connectivity index (χ4v) is 3.41. The molecule has 1 aromatic carbocycles. The Morgan fingerprint density at radius 1 is 1.17 bits per heavy atom. The number of aliphatic hydroxyl groups excluding tert-OH is 1. The third-order valence-electron chi connectivity index (χ3n) is 4.88. The van der Waals surface area contributed by atoms with E-state index in [1.54, 1.807) is 0 Å². The first-order valence-corrected chi connectivity index (χ1v) is 8.47. The Kier molecular flexibility index (Phi) is 6.34. The van der Waals surface area contributed by atoms with Crippen molar-refractivity contribution in [3.63, 3.8) is 0 Å². The maximum atomic E-state index is 12.9. The van der Waals surface area contributed by atoms with E-state index in [-0.39, 0.29) is 25.3 Å². The molecule has 1 aliphatic rings. The minimum Gasteiger partial charge on any atom is -0.480 e. The number of hydrogen-bond donors (Lipinski definition) is 4. The van der Waals surface area contributed by atoms with Crippen LogP contribution >= 0.6 is 0 Å². The van der Waals surface area contributed by atoms with E-state index in [2.05, 4.69) is 5.32 Å². The predicted molar refractivity (Wildman–Crippen MR) is 90.4 cm³/mol. The molecule has 0 bridgehead atoms. The summed E-state index contributed by atoms with van der Waals surface area (Å²) in [6.45, 7) is 0.0776. The Morgan fingerprint density at radius 2 is 1.79 bits per heavy atom. The van der Waals surface area contributed by atoms with Crippen molar-refractivity contribution in [1.29, 1.82) is 0 Å². The molecular formula is C18H26N2O4. The molecule has 0 aliphatic heterocycles. The largest absolute Gasteiger partial charge is 0.480 e. The number of carbonyl (C=O) groups excluding carboxylic acids is 1. The summed E-state index contributed by atoms with van der Waals surface area (Å²) in [6, 6.07) is 8.54. The van der Waals surface area contributed by atoms with Crippen LogP contribution in [0.2, 0.25) is 0 Å². The smallest absolute Gasteiger partial charge is 0.326 e. The highest BCUT2D eigenvalue weighted by atomic mass is 16.4. The fraction of sp³-hybridized carbons (Fsp3) is 0.556. The first kappa shape index (κ1) is 18.4. The summed E-state index contributed by atoms with van der Waals surface area (Å²) < 4.78 is 0. The molecular weight excluding hydrogens is 308 g/mol. The highest BCUT2D eigenvalue weighted by molar-refractivity contribution is 5.91. The molecule has 1 aromatic rings. The standard InChI is InChI=1S/C18H26N2O4/c19-12-14(21)8-9-15(16(22)23)20-17(24)18(10-4-5-11-18)13-6-2-1-3-7-13/h1-3,6-7,14-15,21H,4-5,8-12,19H2,(H,20,24)(H,22,23). The maximum absolute atomic E-state index is 12.9. The van der Waals surface area contributed by atoms with Crippen molar-refractivity contribution in [1.82, 2.24) is 5.32 Å². The van der Waals surface area contributed by atoms with E-state index < -0.39 is 23.5 Å². The van der Waals surface area contributed by atoms with Gasteiger partial charge in [0.15, 0.2) is 0 Å². The van der Waals surface area contributed by atoms with Gasteiger partial charge in [-0.2, -0.15) is 0 Å². The summed E-state index contributed by atoms with van der Waals surface area (Å²) in [5.41, 5.74) is 5.63. The molecule has 2 rings (SSSR count). The third kappa shape index (κ3) is 4.13. The maximum Gasteiger partial charge on any atom is 0.326 e. The number of aliphatic carboxylic acids is 1. The van der Waals surface area contributed by atoms with Crippen molar-refractivity contribution in [3.8, 4) is 0 Å². The molecule has 132 valence electrons. The van der Waals surface area contributed by atoms with E-state index in [4.69, 9.17) is 5.73 Å². The first-order chi connectivity index (χ1) is 11.5. The van der Waals surface area contributed by atoms with Crippen molar-refractivity contribution >= 4 is 11.9 Å². The number of carboxylic acid groups (broad SMARTS) is 1. The molecule has 0 heterocycles. The van der Waals surface area contributed by atoms with Crippen LogP contribution < -0.4 is 11.1 Å². The van der Waals surface area contributed by atoms with Gasteiger partial charge in [-0.3, -0.25) is 4.79 Å². The van der Waals surface area contributed by atoms with Crippen LogP contribution in [0, 0.1) is 0 Å². The lowest BCUT2D eigenvalue weighted by Crippen LogP contribution is -2.50. The normalized spacial score (nSPS) is 18.8. The fourth-order valence-electron chi connectivity index (χ4n) is 3.41. The number of aliphatic hydroxyl groups is 1. The predicted octanol–water partition coefficient (Wildman–Crippen LogP) is 1.17. The monoisotopic (exact) mass is 334 g/mol. The van der Waals surface area contributed by atoms with Crippen LogP contribution in [0.25, 0.3) is 0 Å². The second-order valence-electron chi connectivity index (χ2n) is 6.49. The van der Waals surface area contributed by atoms with Gasteiger partial charge in [0.05, 0.1) is 11.5 Å². The van der Waals surface area contributed by atoms with Gasteiger partial charge in [0.1, 0.15) is 6.04 Å². The molecule has 24 heavy (non-hydrogen) atoms. The average Bonchev–Trinajstić information content (AvgIpc) is 3.09. The summed E-state index contributed by atoms with van der Waals surface area (Å²) in [6.07, 6.45) is 2.99.